The van der Waals surface area contributed by atoms with Crippen LogP contribution in [-0.2, 0) is 0 Å². The Kier molecular flexibility index (Phi) is 3.81. The second kappa shape index (κ2) is 5.36. The minimum atomic E-state index is -0.724. The van der Waals surface area contributed by atoms with Crippen molar-refractivity contribution in [1.29, 1.82) is 0 Å². The van der Waals surface area contributed by atoms with Crippen molar-refractivity contribution in [1.82, 2.24) is 0 Å². The normalized spacial score (nSPS) is 10.3. The van der Waals surface area contributed by atoms with Crippen LogP contribution in [0.1, 0.15) is 15.9 Å². The molecule has 0 aromatic heterocycles. The van der Waals surface area contributed by atoms with Gasteiger partial charge in [0.1, 0.15) is 11.6 Å². The fourth-order valence-electron chi connectivity index (χ4n) is 1.54. The van der Waals surface area contributed by atoms with E-state index in [2.05, 4.69) is 5.32 Å². The molecule has 98 valence electrons. The fourth-order valence-corrected chi connectivity index (χ4v) is 1.70. The van der Waals surface area contributed by atoms with Crippen LogP contribution in [0.4, 0.5) is 14.5 Å². The molecule has 1 N–H and O–H groups in total. The van der Waals surface area contributed by atoms with Crippen LogP contribution in [0.5, 0.6) is 0 Å². The number of aryl methyl sites for hydroxylation is 1. The lowest BCUT2D eigenvalue weighted by Crippen LogP contribution is -2.13. The van der Waals surface area contributed by atoms with E-state index in [1.165, 1.54) is 24.3 Å². The number of benzene rings is 2. The highest BCUT2D eigenvalue weighted by molar-refractivity contribution is 6.30. The molecule has 0 aliphatic heterocycles. The van der Waals surface area contributed by atoms with Crippen LogP contribution >= 0.6 is 11.6 Å². The topological polar surface area (TPSA) is 29.1 Å². The predicted octanol–water partition coefficient (Wildman–Crippen LogP) is 4.18. The zero-order valence-electron chi connectivity index (χ0n) is 10.0. The van der Waals surface area contributed by atoms with E-state index in [0.717, 1.165) is 6.07 Å². The van der Waals surface area contributed by atoms with Gasteiger partial charge in [0, 0.05) is 10.7 Å². The highest BCUT2D eigenvalue weighted by Crippen LogP contribution is 2.18. The first-order chi connectivity index (χ1) is 8.97. The SMILES string of the molecule is Cc1ccc(NC(=O)c2ccc(Cl)cc2F)cc1F. The van der Waals surface area contributed by atoms with Gasteiger partial charge in [0.2, 0.25) is 0 Å². The van der Waals surface area contributed by atoms with Gasteiger partial charge in [-0.1, -0.05) is 17.7 Å². The predicted molar refractivity (Wildman–Crippen MR) is 70.5 cm³/mol. The van der Waals surface area contributed by atoms with Crippen molar-refractivity contribution >= 4 is 23.2 Å². The molecule has 0 radical (unpaired) electrons. The molecule has 0 saturated carbocycles. The van der Waals surface area contributed by atoms with Gasteiger partial charge >= 0.3 is 0 Å². The van der Waals surface area contributed by atoms with E-state index in [0.29, 0.717) is 5.56 Å². The van der Waals surface area contributed by atoms with Crippen molar-refractivity contribution in [3.8, 4) is 0 Å². The second-order valence-corrected chi connectivity index (χ2v) is 4.48. The molecule has 2 rings (SSSR count). The maximum Gasteiger partial charge on any atom is 0.258 e. The molecule has 2 nitrogen and oxygen atoms in total. The molecule has 19 heavy (non-hydrogen) atoms. The second-order valence-electron chi connectivity index (χ2n) is 4.04. The highest BCUT2D eigenvalue weighted by Gasteiger charge is 2.12. The average molecular weight is 282 g/mol. The summed E-state index contributed by atoms with van der Waals surface area (Å²) < 4.78 is 26.8. The van der Waals surface area contributed by atoms with E-state index in [1.54, 1.807) is 13.0 Å². The summed E-state index contributed by atoms with van der Waals surface area (Å²) in [6.45, 7) is 1.61. The van der Waals surface area contributed by atoms with E-state index in [4.69, 9.17) is 11.6 Å². The summed E-state index contributed by atoms with van der Waals surface area (Å²) in [6.07, 6.45) is 0. The van der Waals surface area contributed by atoms with Crippen LogP contribution in [0.15, 0.2) is 36.4 Å². The summed E-state index contributed by atoms with van der Waals surface area (Å²) in [5.41, 5.74) is 0.587. The smallest absolute Gasteiger partial charge is 0.258 e. The molecular formula is C14H10ClF2NO. The first kappa shape index (κ1) is 13.5. The molecular weight excluding hydrogens is 272 g/mol. The quantitative estimate of drug-likeness (QED) is 0.879. The third-order valence-corrected chi connectivity index (χ3v) is 2.84. The lowest BCUT2D eigenvalue weighted by molar-refractivity contribution is 0.102. The Hall–Kier alpha value is -1.94. The van der Waals surface area contributed by atoms with Crippen molar-refractivity contribution in [2.45, 2.75) is 6.92 Å². The standard InChI is InChI=1S/C14H10ClF2NO/c1-8-2-4-10(7-12(8)16)18-14(19)11-5-3-9(15)6-13(11)17/h2-7H,1H3,(H,18,19). The zero-order valence-corrected chi connectivity index (χ0v) is 10.8. The van der Waals surface area contributed by atoms with Crippen LogP contribution in [0.3, 0.4) is 0 Å². The summed E-state index contributed by atoms with van der Waals surface area (Å²) in [5, 5.41) is 2.63. The first-order valence-corrected chi connectivity index (χ1v) is 5.88. The summed E-state index contributed by atoms with van der Waals surface area (Å²) in [7, 11) is 0. The van der Waals surface area contributed by atoms with Gasteiger partial charge in [-0.2, -0.15) is 0 Å². The Morgan fingerprint density at radius 3 is 2.47 bits per heavy atom. The maximum atomic E-state index is 13.5. The Morgan fingerprint density at radius 1 is 1.11 bits per heavy atom. The lowest BCUT2D eigenvalue weighted by Gasteiger charge is -2.07. The number of carbonyl (C=O) groups excluding carboxylic acids is 1. The van der Waals surface area contributed by atoms with Crippen LogP contribution in [-0.4, -0.2) is 5.91 Å². The zero-order chi connectivity index (χ0) is 14.0. The molecule has 0 heterocycles. The number of hydrogen-bond acceptors (Lipinski definition) is 1. The van der Waals surface area contributed by atoms with Gasteiger partial charge in [-0.25, -0.2) is 8.78 Å². The van der Waals surface area contributed by atoms with Gasteiger partial charge in [-0.3, -0.25) is 4.79 Å². The molecule has 5 heteroatoms. The molecule has 0 aliphatic rings. The number of anilines is 1. The summed E-state index contributed by atoms with van der Waals surface area (Å²) >= 11 is 5.60. The minimum absolute atomic E-state index is 0.148. The van der Waals surface area contributed by atoms with Crippen LogP contribution in [0.2, 0.25) is 5.02 Å². The van der Waals surface area contributed by atoms with Crippen molar-refractivity contribution in [3.63, 3.8) is 0 Å². The molecule has 0 saturated heterocycles. The van der Waals surface area contributed by atoms with Crippen molar-refractivity contribution in [3.05, 3.63) is 64.2 Å². The van der Waals surface area contributed by atoms with Gasteiger partial charge in [-0.05, 0) is 42.8 Å². The van der Waals surface area contributed by atoms with E-state index in [9.17, 15) is 13.6 Å². The molecule has 0 spiro atoms. The highest BCUT2D eigenvalue weighted by atomic mass is 35.5. The molecule has 1 amide bonds. The van der Waals surface area contributed by atoms with Gasteiger partial charge in [-0.15, -0.1) is 0 Å². The van der Waals surface area contributed by atoms with E-state index in [1.807, 2.05) is 0 Å². The fraction of sp³-hybridized carbons (Fsp3) is 0.0714. The summed E-state index contributed by atoms with van der Waals surface area (Å²) in [4.78, 5) is 11.8. The molecule has 0 atom stereocenters. The van der Waals surface area contributed by atoms with E-state index in [-0.39, 0.29) is 16.3 Å². The van der Waals surface area contributed by atoms with Gasteiger partial charge < -0.3 is 5.32 Å². The van der Waals surface area contributed by atoms with Crippen molar-refractivity contribution in [2.75, 3.05) is 5.32 Å². The molecule has 0 aliphatic carbocycles. The number of halogens is 3. The van der Waals surface area contributed by atoms with E-state index < -0.39 is 17.5 Å². The number of nitrogens with one attached hydrogen (secondary N) is 1. The van der Waals surface area contributed by atoms with Crippen molar-refractivity contribution < 1.29 is 13.6 Å². The Bertz CT molecular complexity index is 643. The van der Waals surface area contributed by atoms with E-state index >= 15 is 0 Å². The minimum Gasteiger partial charge on any atom is -0.322 e. The molecule has 2 aromatic rings. The molecule has 0 unspecified atom stereocenters. The third kappa shape index (κ3) is 3.09. The van der Waals surface area contributed by atoms with Gasteiger partial charge in [0.15, 0.2) is 0 Å². The Balaban J connectivity index is 2.23. The first-order valence-electron chi connectivity index (χ1n) is 5.50. The molecule has 2 aromatic carbocycles. The lowest BCUT2D eigenvalue weighted by atomic mass is 10.1. The van der Waals surface area contributed by atoms with Gasteiger partial charge in [0.05, 0.1) is 5.56 Å². The maximum absolute atomic E-state index is 13.5. The Labute approximate surface area is 114 Å². The monoisotopic (exact) mass is 281 g/mol. The average Bonchev–Trinajstić information content (AvgIpc) is 2.33. The largest absolute Gasteiger partial charge is 0.322 e. The Morgan fingerprint density at radius 2 is 1.84 bits per heavy atom. The van der Waals surface area contributed by atoms with Crippen LogP contribution in [0.25, 0.3) is 0 Å². The summed E-state index contributed by atoms with van der Waals surface area (Å²) in [5.74, 6) is -1.82. The third-order valence-electron chi connectivity index (χ3n) is 2.61. The number of rotatable bonds is 2. The molecule has 0 bridgehead atoms. The number of carbonyl (C=O) groups is 1. The number of amides is 1. The van der Waals surface area contributed by atoms with Crippen molar-refractivity contribution in [2.24, 2.45) is 0 Å². The van der Waals surface area contributed by atoms with Crippen LogP contribution < -0.4 is 5.32 Å². The molecule has 0 fully saturated rings. The van der Waals surface area contributed by atoms with Gasteiger partial charge in [0.25, 0.3) is 5.91 Å². The van der Waals surface area contributed by atoms with Crippen LogP contribution in [0, 0.1) is 18.6 Å². The number of hydrogen-bond donors (Lipinski definition) is 1. The summed E-state index contributed by atoms with van der Waals surface area (Å²) in [6, 6.07) is 7.99.